The molecule has 2 aliphatic rings. The van der Waals surface area contributed by atoms with E-state index >= 15 is 0 Å². The van der Waals surface area contributed by atoms with Crippen molar-refractivity contribution in [2.24, 2.45) is 0 Å². The van der Waals surface area contributed by atoms with Gasteiger partial charge in [0.25, 0.3) is 0 Å². The molecule has 4 heterocycles. The number of aryl methyl sites for hydroxylation is 1. The number of hydrogen-bond donors (Lipinski definition) is 2. The standard InChI is InChI=1S/C22H26FN7O2/c1-2-30-21-18(11-25-30)20(29-12-16-7-8-17(13-29)32-16)27-19(28-21)14-3-5-15(6-4-14)26-22(31)24-10-9-23/h3-6,11,16-17H,2,7-10,12-13H2,1H3,(H2,24,26,31). The topological polar surface area (TPSA) is 97.2 Å². The fraction of sp³-hybridized carbons (Fsp3) is 0.455. The van der Waals surface area contributed by atoms with E-state index in [0.29, 0.717) is 18.1 Å². The van der Waals surface area contributed by atoms with Crippen LogP contribution in [0.1, 0.15) is 19.8 Å². The normalized spacial score (nSPS) is 20.0. The molecule has 2 atom stereocenters. The number of fused-ring (bicyclic) bond motifs is 3. The third-order valence-corrected chi connectivity index (χ3v) is 5.90. The summed E-state index contributed by atoms with van der Waals surface area (Å²) in [5.41, 5.74) is 2.25. The van der Waals surface area contributed by atoms with E-state index in [1.165, 1.54) is 0 Å². The molecule has 3 aromatic rings. The molecule has 2 aliphatic heterocycles. The Kier molecular flexibility index (Phi) is 5.60. The second-order valence-corrected chi connectivity index (χ2v) is 8.08. The number of halogens is 1. The van der Waals surface area contributed by atoms with Gasteiger partial charge in [0.2, 0.25) is 0 Å². The molecule has 2 saturated heterocycles. The van der Waals surface area contributed by atoms with Crippen molar-refractivity contribution in [2.45, 2.75) is 38.5 Å². The van der Waals surface area contributed by atoms with E-state index in [9.17, 15) is 9.18 Å². The number of ether oxygens (including phenoxy) is 1. The fourth-order valence-corrected chi connectivity index (χ4v) is 4.37. The van der Waals surface area contributed by atoms with Gasteiger partial charge in [-0.15, -0.1) is 0 Å². The molecule has 2 fully saturated rings. The fourth-order valence-electron chi connectivity index (χ4n) is 4.37. The second kappa shape index (κ2) is 8.70. The predicted molar refractivity (Wildman–Crippen MR) is 120 cm³/mol. The maximum Gasteiger partial charge on any atom is 0.319 e. The van der Waals surface area contributed by atoms with Gasteiger partial charge in [-0.25, -0.2) is 23.8 Å². The van der Waals surface area contributed by atoms with E-state index in [1.807, 2.05) is 29.9 Å². The smallest absolute Gasteiger partial charge is 0.319 e. The Morgan fingerprint density at radius 3 is 2.62 bits per heavy atom. The molecule has 0 aliphatic carbocycles. The maximum absolute atomic E-state index is 12.2. The van der Waals surface area contributed by atoms with E-state index in [4.69, 9.17) is 14.7 Å². The highest BCUT2D eigenvalue weighted by molar-refractivity contribution is 5.90. The number of anilines is 2. The van der Waals surface area contributed by atoms with Crippen LogP contribution in [0.25, 0.3) is 22.4 Å². The van der Waals surface area contributed by atoms with Crippen molar-refractivity contribution in [2.75, 3.05) is 36.5 Å². The third kappa shape index (κ3) is 3.97. The lowest BCUT2D eigenvalue weighted by Gasteiger charge is -2.33. The van der Waals surface area contributed by atoms with Crippen LogP contribution in [0.4, 0.5) is 20.7 Å². The number of amides is 2. The summed E-state index contributed by atoms with van der Waals surface area (Å²) in [6, 6.07) is 6.86. The number of nitrogens with one attached hydrogen (secondary N) is 2. The average molecular weight is 439 g/mol. The molecule has 9 nitrogen and oxygen atoms in total. The first-order chi connectivity index (χ1) is 15.6. The highest BCUT2D eigenvalue weighted by Gasteiger charge is 2.35. The lowest BCUT2D eigenvalue weighted by molar-refractivity contribution is 0.0303. The van der Waals surface area contributed by atoms with Crippen molar-refractivity contribution in [3.8, 4) is 11.4 Å². The van der Waals surface area contributed by atoms with Gasteiger partial charge in [-0.3, -0.25) is 0 Å². The molecule has 2 N–H and O–H groups in total. The van der Waals surface area contributed by atoms with Gasteiger partial charge >= 0.3 is 6.03 Å². The second-order valence-electron chi connectivity index (χ2n) is 8.08. The number of aromatic nitrogens is 4. The van der Waals surface area contributed by atoms with Crippen LogP contribution in [-0.2, 0) is 11.3 Å². The lowest BCUT2D eigenvalue weighted by atomic mass is 10.2. The number of carbonyl (C=O) groups excluding carboxylic acids is 1. The molecule has 0 saturated carbocycles. The Morgan fingerprint density at radius 1 is 1.19 bits per heavy atom. The van der Waals surface area contributed by atoms with Crippen molar-refractivity contribution in [1.82, 2.24) is 25.1 Å². The van der Waals surface area contributed by atoms with Gasteiger partial charge in [-0.05, 0) is 44.0 Å². The van der Waals surface area contributed by atoms with Crippen LogP contribution >= 0.6 is 0 Å². The molecule has 168 valence electrons. The number of morpholine rings is 1. The minimum absolute atomic E-state index is 0.0189. The molecule has 1 aromatic carbocycles. The Hall–Kier alpha value is -3.27. The van der Waals surface area contributed by atoms with E-state index in [2.05, 4.69) is 20.6 Å². The van der Waals surface area contributed by atoms with E-state index in [0.717, 1.165) is 48.3 Å². The molecular weight excluding hydrogens is 413 g/mol. The Labute approximate surface area is 185 Å². The Morgan fingerprint density at radius 2 is 1.94 bits per heavy atom. The molecule has 2 aromatic heterocycles. The van der Waals surface area contributed by atoms with Gasteiger partial charge in [0.15, 0.2) is 11.5 Å². The van der Waals surface area contributed by atoms with Crippen molar-refractivity contribution >= 4 is 28.6 Å². The van der Waals surface area contributed by atoms with Crippen molar-refractivity contribution in [3.05, 3.63) is 30.5 Å². The summed E-state index contributed by atoms with van der Waals surface area (Å²) >= 11 is 0. The summed E-state index contributed by atoms with van der Waals surface area (Å²) in [6.07, 6.45) is 4.51. The zero-order valence-electron chi connectivity index (χ0n) is 17.9. The van der Waals surface area contributed by atoms with Crippen LogP contribution in [0.2, 0.25) is 0 Å². The van der Waals surface area contributed by atoms with Gasteiger partial charge < -0.3 is 20.3 Å². The van der Waals surface area contributed by atoms with Crippen LogP contribution in [0.3, 0.4) is 0 Å². The van der Waals surface area contributed by atoms with Gasteiger partial charge in [-0.1, -0.05) is 0 Å². The molecule has 0 spiro atoms. The van der Waals surface area contributed by atoms with E-state index in [1.54, 1.807) is 12.1 Å². The zero-order valence-corrected chi connectivity index (χ0v) is 17.9. The summed E-state index contributed by atoms with van der Waals surface area (Å²) < 4.78 is 20.1. The van der Waals surface area contributed by atoms with Gasteiger partial charge in [0.1, 0.15) is 12.5 Å². The van der Waals surface area contributed by atoms with Crippen LogP contribution in [0, 0.1) is 0 Å². The van der Waals surface area contributed by atoms with Gasteiger partial charge in [0.05, 0.1) is 23.8 Å². The average Bonchev–Trinajstić information content (AvgIpc) is 3.39. The van der Waals surface area contributed by atoms with Crippen molar-refractivity contribution < 1.29 is 13.9 Å². The SMILES string of the molecule is CCn1ncc2c(N3CC4CCC(C3)O4)nc(-c3ccc(NC(=O)NCCF)cc3)nc21. The summed E-state index contributed by atoms with van der Waals surface area (Å²) in [5.74, 6) is 1.49. The lowest BCUT2D eigenvalue weighted by Crippen LogP contribution is -2.43. The molecule has 2 bridgehead atoms. The third-order valence-electron chi connectivity index (χ3n) is 5.90. The Bertz CT molecular complexity index is 1110. The number of carbonyl (C=O) groups is 1. The summed E-state index contributed by atoms with van der Waals surface area (Å²) in [5, 5.41) is 10.6. The first kappa shape index (κ1) is 20.6. The summed E-state index contributed by atoms with van der Waals surface area (Å²) in [7, 11) is 0. The van der Waals surface area contributed by atoms with Crippen LogP contribution in [0.5, 0.6) is 0 Å². The molecular formula is C22H26FN7O2. The van der Waals surface area contributed by atoms with Crippen LogP contribution < -0.4 is 15.5 Å². The number of hydrogen-bond acceptors (Lipinski definition) is 6. The molecule has 32 heavy (non-hydrogen) atoms. The number of rotatable bonds is 6. The highest BCUT2D eigenvalue weighted by Crippen LogP contribution is 2.33. The molecule has 0 radical (unpaired) electrons. The van der Waals surface area contributed by atoms with Gasteiger partial charge in [0, 0.05) is 37.4 Å². The van der Waals surface area contributed by atoms with Gasteiger partial charge in [-0.2, -0.15) is 5.10 Å². The maximum atomic E-state index is 12.2. The number of alkyl halides is 1. The summed E-state index contributed by atoms with van der Waals surface area (Å²) in [4.78, 5) is 23.8. The molecule has 2 unspecified atom stereocenters. The van der Waals surface area contributed by atoms with Crippen molar-refractivity contribution in [1.29, 1.82) is 0 Å². The first-order valence-corrected chi connectivity index (χ1v) is 11.0. The number of nitrogens with zero attached hydrogens (tertiary/aromatic N) is 5. The van der Waals surface area contributed by atoms with E-state index < -0.39 is 12.7 Å². The van der Waals surface area contributed by atoms with Crippen LogP contribution in [-0.4, -0.2) is 64.3 Å². The molecule has 5 rings (SSSR count). The minimum Gasteiger partial charge on any atom is -0.371 e. The van der Waals surface area contributed by atoms with Crippen LogP contribution in [0.15, 0.2) is 30.5 Å². The highest BCUT2D eigenvalue weighted by atomic mass is 19.1. The monoisotopic (exact) mass is 439 g/mol. The number of urea groups is 1. The van der Waals surface area contributed by atoms with E-state index in [-0.39, 0.29) is 18.8 Å². The molecule has 2 amide bonds. The number of benzene rings is 1. The minimum atomic E-state index is -0.604. The largest absolute Gasteiger partial charge is 0.371 e. The summed E-state index contributed by atoms with van der Waals surface area (Å²) in [6.45, 7) is 3.76. The quantitative estimate of drug-likeness (QED) is 0.613. The molecule has 10 heteroatoms. The predicted octanol–water partition coefficient (Wildman–Crippen LogP) is 2.97. The first-order valence-electron chi connectivity index (χ1n) is 11.0. The zero-order chi connectivity index (χ0) is 22.1. The van der Waals surface area contributed by atoms with Crippen molar-refractivity contribution in [3.63, 3.8) is 0 Å². The Balaban J connectivity index is 1.47.